The molecule has 25 heavy (non-hydrogen) atoms. The molecule has 0 spiro atoms. The number of ether oxygens (including phenoxy) is 1. The molecule has 0 bridgehead atoms. The minimum atomic E-state index is -0.253. The average molecular weight is 378 g/mol. The molecule has 0 aromatic carbocycles. The van der Waals surface area contributed by atoms with Crippen LogP contribution >= 0.6 is 23.1 Å². The van der Waals surface area contributed by atoms with Crippen LogP contribution in [0.3, 0.4) is 0 Å². The Kier molecular flexibility index (Phi) is 5.96. The molecule has 0 saturated heterocycles. The van der Waals surface area contributed by atoms with E-state index < -0.39 is 0 Å². The largest absolute Gasteiger partial charge is 0.490 e. The summed E-state index contributed by atoms with van der Waals surface area (Å²) < 4.78 is 6.10. The van der Waals surface area contributed by atoms with Crippen LogP contribution in [0.1, 0.15) is 54.9 Å². The fourth-order valence-electron chi connectivity index (χ4n) is 2.74. The van der Waals surface area contributed by atoms with Gasteiger partial charge in [0.25, 0.3) is 5.91 Å². The van der Waals surface area contributed by atoms with Gasteiger partial charge >= 0.3 is 0 Å². The van der Waals surface area contributed by atoms with Gasteiger partial charge in [-0.25, -0.2) is 9.97 Å². The number of nitrogens with zero attached hydrogens (tertiary/aromatic N) is 2. The molecule has 0 radical (unpaired) electrons. The normalized spacial score (nSPS) is 14.9. The summed E-state index contributed by atoms with van der Waals surface area (Å²) in [6.45, 7) is 6.17. The summed E-state index contributed by atoms with van der Waals surface area (Å²) in [4.78, 5) is 22.3. The van der Waals surface area contributed by atoms with Gasteiger partial charge in [-0.1, -0.05) is 13.8 Å². The Morgan fingerprint density at radius 1 is 1.36 bits per heavy atom. The summed E-state index contributed by atoms with van der Waals surface area (Å²) in [5.74, 6) is 0.474. The van der Waals surface area contributed by atoms with E-state index in [-0.39, 0.29) is 12.0 Å². The van der Waals surface area contributed by atoms with Crippen molar-refractivity contribution in [1.82, 2.24) is 9.97 Å². The quantitative estimate of drug-likeness (QED) is 0.724. The Morgan fingerprint density at radius 3 is 2.76 bits per heavy atom. The number of rotatable bonds is 6. The molecule has 7 heteroatoms. The third-order valence-electron chi connectivity index (χ3n) is 3.81. The van der Waals surface area contributed by atoms with Gasteiger partial charge in [0.15, 0.2) is 5.13 Å². The zero-order valence-corrected chi connectivity index (χ0v) is 16.4. The number of anilines is 1. The van der Waals surface area contributed by atoms with Crippen molar-refractivity contribution < 1.29 is 9.53 Å². The molecule has 1 fully saturated rings. The van der Waals surface area contributed by atoms with Crippen molar-refractivity contribution in [3.8, 4) is 5.75 Å². The second kappa shape index (κ2) is 8.19. The van der Waals surface area contributed by atoms with Crippen molar-refractivity contribution in [1.29, 1.82) is 0 Å². The third kappa shape index (κ3) is 5.19. The van der Waals surface area contributed by atoms with Crippen LogP contribution in [0.5, 0.6) is 5.75 Å². The van der Waals surface area contributed by atoms with E-state index in [4.69, 9.17) is 4.74 Å². The van der Waals surface area contributed by atoms with Crippen LogP contribution < -0.4 is 10.1 Å². The first-order valence-corrected chi connectivity index (χ1v) is 10.3. The van der Waals surface area contributed by atoms with Crippen molar-refractivity contribution >= 4 is 34.1 Å². The van der Waals surface area contributed by atoms with E-state index in [0.29, 0.717) is 16.1 Å². The number of hydrogen-bond acceptors (Lipinski definition) is 6. The Bertz CT molecular complexity index is 740. The molecule has 3 rings (SSSR count). The lowest BCUT2D eigenvalue weighted by Crippen LogP contribution is -2.16. The highest BCUT2D eigenvalue weighted by Crippen LogP contribution is 2.29. The standard InChI is InChI=1S/C18H23N3O2S2/c1-11(2)24-16-9-14(23-13-6-4-5-7-13)8-15(20-16)17(22)21-18-19-10-12(3)25-18/h8-11,13H,4-7H2,1-3H3,(H,19,21,22). The summed E-state index contributed by atoms with van der Waals surface area (Å²) in [6, 6.07) is 3.67. The second-order valence-electron chi connectivity index (χ2n) is 6.45. The lowest BCUT2D eigenvalue weighted by Gasteiger charge is -2.15. The van der Waals surface area contributed by atoms with Crippen molar-refractivity contribution in [3.63, 3.8) is 0 Å². The first-order chi connectivity index (χ1) is 12.0. The minimum Gasteiger partial charge on any atom is -0.490 e. The summed E-state index contributed by atoms with van der Waals surface area (Å²) in [5.41, 5.74) is 0.367. The van der Waals surface area contributed by atoms with E-state index in [2.05, 4.69) is 29.1 Å². The number of thiazole rings is 1. The molecule has 2 aromatic heterocycles. The van der Waals surface area contributed by atoms with Crippen LogP contribution in [0, 0.1) is 6.92 Å². The van der Waals surface area contributed by atoms with Crippen molar-refractivity contribution in [3.05, 3.63) is 28.9 Å². The number of pyridine rings is 1. The van der Waals surface area contributed by atoms with Crippen LogP contribution in [0.2, 0.25) is 0 Å². The Morgan fingerprint density at radius 2 is 2.12 bits per heavy atom. The summed E-state index contributed by atoms with van der Waals surface area (Å²) in [7, 11) is 0. The van der Waals surface area contributed by atoms with Gasteiger partial charge in [-0.2, -0.15) is 0 Å². The monoisotopic (exact) mass is 377 g/mol. The topological polar surface area (TPSA) is 64.1 Å². The fraction of sp³-hybridized carbons (Fsp3) is 0.500. The lowest BCUT2D eigenvalue weighted by molar-refractivity contribution is 0.102. The zero-order chi connectivity index (χ0) is 17.8. The van der Waals surface area contributed by atoms with Gasteiger partial charge < -0.3 is 4.74 Å². The highest BCUT2D eigenvalue weighted by molar-refractivity contribution is 7.99. The van der Waals surface area contributed by atoms with E-state index in [9.17, 15) is 4.79 Å². The molecule has 1 N–H and O–H groups in total. The van der Waals surface area contributed by atoms with Crippen LogP contribution in [0.25, 0.3) is 0 Å². The first kappa shape index (κ1) is 18.2. The van der Waals surface area contributed by atoms with E-state index >= 15 is 0 Å². The van der Waals surface area contributed by atoms with E-state index in [0.717, 1.165) is 28.5 Å². The molecule has 5 nitrogen and oxygen atoms in total. The number of amides is 1. The third-order valence-corrected chi connectivity index (χ3v) is 5.56. The smallest absolute Gasteiger partial charge is 0.276 e. The number of hydrogen-bond donors (Lipinski definition) is 1. The summed E-state index contributed by atoms with van der Waals surface area (Å²) in [5, 5.41) is 4.60. The van der Waals surface area contributed by atoms with Crippen LogP contribution in [-0.4, -0.2) is 27.2 Å². The highest BCUT2D eigenvalue weighted by Gasteiger charge is 2.19. The van der Waals surface area contributed by atoms with Crippen molar-refractivity contribution in [2.24, 2.45) is 0 Å². The molecular weight excluding hydrogens is 354 g/mol. The van der Waals surface area contributed by atoms with E-state index in [1.54, 1.807) is 24.0 Å². The van der Waals surface area contributed by atoms with E-state index in [1.165, 1.54) is 24.2 Å². The van der Waals surface area contributed by atoms with Gasteiger partial charge in [-0.15, -0.1) is 23.1 Å². The Hall–Kier alpha value is -1.60. The number of aryl methyl sites for hydroxylation is 1. The average Bonchev–Trinajstić information content (AvgIpc) is 3.18. The molecule has 1 aliphatic carbocycles. The number of thioether (sulfide) groups is 1. The van der Waals surface area contributed by atoms with Gasteiger partial charge in [0.2, 0.25) is 0 Å². The fourth-order valence-corrected chi connectivity index (χ4v) is 4.22. The number of carbonyl (C=O) groups is 1. The maximum atomic E-state index is 12.6. The number of nitrogens with one attached hydrogen (secondary N) is 1. The number of aromatic nitrogens is 2. The maximum Gasteiger partial charge on any atom is 0.276 e. The SMILES string of the molecule is Cc1cnc(NC(=O)c2cc(OC3CCCC3)cc(SC(C)C)n2)s1. The molecular formula is C18H23N3O2S2. The van der Waals surface area contributed by atoms with Gasteiger partial charge in [0.05, 0.1) is 6.10 Å². The van der Waals surface area contributed by atoms with Gasteiger partial charge in [0, 0.05) is 28.5 Å². The van der Waals surface area contributed by atoms with Crippen LogP contribution in [0.15, 0.2) is 23.4 Å². The van der Waals surface area contributed by atoms with Gasteiger partial charge in [0.1, 0.15) is 16.5 Å². The predicted molar refractivity (Wildman–Crippen MR) is 103 cm³/mol. The molecule has 1 saturated carbocycles. The molecule has 2 aromatic rings. The maximum absolute atomic E-state index is 12.6. The Labute approximate surface area is 156 Å². The van der Waals surface area contributed by atoms with E-state index in [1.807, 2.05) is 13.0 Å². The molecule has 1 aliphatic rings. The van der Waals surface area contributed by atoms with Crippen molar-refractivity contribution in [2.45, 2.75) is 62.8 Å². The lowest BCUT2D eigenvalue weighted by atomic mass is 10.3. The minimum absolute atomic E-state index is 0.247. The zero-order valence-electron chi connectivity index (χ0n) is 14.7. The summed E-state index contributed by atoms with van der Waals surface area (Å²) in [6.07, 6.45) is 6.56. The molecule has 0 aliphatic heterocycles. The molecule has 0 atom stereocenters. The van der Waals surface area contributed by atoms with Gasteiger partial charge in [-0.3, -0.25) is 10.1 Å². The molecule has 0 unspecified atom stereocenters. The van der Waals surface area contributed by atoms with Crippen molar-refractivity contribution in [2.75, 3.05) is 5.32 Å². The van der Waals surface area contributed by atoms with Crippen LogP contribution in [-0.2, 0) is 0 Å². The molecule has 1 amide bonds. The Balaban J connectivity index is 1.81. The first-order valence-electron chi connectivity index (χ1n) is 8.59. The molecule has 2 heterocycles. The summed E-state index contributed by atoms with van der Waals surface area (Å²) >= 11 is 3.08. The highest BCUT2D eigenvalue weighted by atomic mass is 32.2. The number of carbonyl (C=O) groups excluding carboxylic acids is 1. The van der Waals surface area contributed by atoms with Crippen LogP contribution in [0.4, 0.5) is 5.13 Å². The second-order valence-corrected chi connectivity index (χ2v) is 9.28. The molecule has 134 valence electrons. The predicted octanol–water partition coefficient (Wildman–Crippen LogP) is 4.92. The van der Waals surface area contributed by atoms with Gasteiger partial charge in [-0.05, 0) is 32.6 Å².